The van der Waals surface area contributed by atoms with Crippen LogP contribution in [-0.4, -0.2) is 33.5 Å². The van der Waals surface area contributed by atoms with Gasteiger partial charge in [0.2, 0.25) is 5.91 Å². The van der Waals surface area contributed by atoms with Gasteiger partial charge in [-0.15, -0.1) is 21.5 Å². The van der Waals surface area contributed by atoms with Crippen molar-refractivity contribution in [2.24, 2.45) is 0 Å². The zero-order valence-electron chi connectivity index (χ0n) is 17.9. The number of thioether (sulfide) groups is 1. The SMILES string of the molecule is CCn1c(SCC(=O)NC(c2ccccc2)c2cccs2)nnc1-c1ccccc1OC. The largest absolute Gasteiger partial charge is 0.496 e. The highest BCUT2D eigenvalue weighted by Crippen LogP contribution is 2.31. The lowest BCUT2D eigenvalue weighted by atomic mass is 10.1. The van der Waals surface area contributed by atoms with E-state index in [1.807, 2.05) is 83.6 Å². The van der Waals surface area contributed by atoms with Crippen molar-refractivity contribution in [2.45, 2.75) is 24.7 Å². The molecule has 0 fully saturated rings. The van der Waals surface area contributed by atoms with E-state index in [0.717, 1.165) is 27.6 Å². The summed E-state index contributed by atoms with van der Waals surface area (Å²) in [6.45, 7) is 2.72. The van der Waals surface area contributed by atoms with Crippen molar-refractivity contribution >= 4 is 29.0 Å². The van der Waals surface area contributed by atoms with Gasteiger partial charge in [0.05, 0.1) is 24.5 Å². The lowest BCUT2D eigenvalue weighted by Crippen LogP contribution is -2.30. The second-order valence-electron chi connectivity index (χ2n) is 6.97. The molecular formula is C24H24N4O2S2. The number of nitrogens with one attached hydrogen (secondary N) is 1. The first-order valence-corrected chi connectivity index (χ1v) is 12.1. The van der Waals surface area contributed by atoms with Crippen LogP contribution in [-0.2, 0) is 11.3 Å². The molecule has 1 N–H and O–H groups in total. The Hall–Kier alpha value is -3.10. The minimum absolute atomic E-state index is 0.0539. The summed E-state index contributed by atoms with van der Waals surface area (Å²) >= 11 is 3.02. The van der Waals surface area contributed by atoms with Crippen molar-refractivity contribution in [3.8, 4) is 17.1 Å². The molecule has 0 saturated heterocycles. The third-order valence-electron chi connectivity index (χ3n) is 4.98. The number of rotatable bonds is 9. The van der Waals surface area contributed by atoms with E-state index in [1.165, 1.54) is 11.8 Å². The van der Waals surface area contributed by atoms with E-state index in [0.29, 0.717) is 11.7 Å². The molecule has 2 aromatic heterocycles. The highest BCUT2D eigenvalue weighted by molar-refractivity contribution is 7.99. The van der Waals surface area contributed by atoms with Crippen LogP contribution in [0.1, 0.15) is 23.4 Å². The highest BCUT2D eigenvalue weighted by Gasteiger charge is 2.20. The summed E-state index contributed by atoms with van der Waals surface area (Å²) in [6.07, 6.45) is 0. The molecule has 2 heterocycles. The van der Waals surface area contributed by atoms with Crippen LogP contribution < -0.4 is 10.1 Å². The van der Waals surface area contributed by atoms with Gasteiger partial charge in [0, 0.05) is 11.4 Å². The predicted molar refractivity (Wildman–Crippen MR) is 129 cm³/mol. The number of hydrogen-bond donors (Lipinski definition) is 1. The van der Waals surface area contributed by atoms with Gasteiger partial charge in [-0.1, -0.05) is 60.3 Å². The number of carbonyl (C=O) groups excluding carboxylic acids is 1. The molecule has 0 aliphatic rings. The molecule has 0 spiro atoms. The molecule has 0 saturated carbocycles. The number of hydrogen-bond acceptors (Lipinski definition) is 6. The van der Waals surface area contributed by atoms with Crippen molar-refractivity contribution in [1.82, 2.24) is 20.1 Å². The minimum atomic E-state index is -0.169. The quantitative estimate of drug-likeness (QED) is 0.352. The van der Waals surface area contributed by atoms with Crippen molar-refractivity contribution in [2.75, 3.05) is 12.9 Å². The monoisotopic (exact) mass is 464 g/mol. The van der Waals surface area contributed by atoms with Gasteiger partial charge in [-0.05, 0) is 36.1 Å². The number of ether oxygens (including phenoxy) is 1. The molecule has 1 atom stereocenters. The summed E-state index contributed by atoms with van der Waals surface area (Å²) in [5.41, 5.74) is 1.94. The molecule has 1 amide bonds. The van der Waals surface area contributed by atoms with Crippen LogP contribution >= 0.6 is 23.1 Å². The number of aromatic nitrogens is 3. The lowest BCUT2D eigenvalue weighted by Gasteiger charge is -2.18. The Balaban J connectivity index is 1.49. The molecule has 0 bridgehead atoms. The molecule has 6 nitrogen and oxygen atoms in total. The molecule has 4 aromatic rings. The molecule has 0 aliphatic carbocycles. The minimum Gasteiger partial charge on any atom is -0.496 e. The van der Waals surface area contributed by atoms with Gasteiger partial charge in [-0.25, -0.2) is 0 Å². The molecule has 2 aromatic carbocycles. The van der Waals surface area contributed by atoms with Gasteiger partial charge in [-0.2, -0.15) is 0 Å². The van der Waals surface area contributed by atoms with Crippen LogP contribution in [0.3, 0.4) is 0 Å². The fourth-order valence-corrected chi connectivity index (χ4v) is 5.08. The average Bonchev–Trinajstić information content (AvgIpc) is 3.51. The molecule has 164 valence electrons. The number of methoxy groups -OCH3 is 1. The summed E-state index contributed by atoms with van der Waals surface area (Å²) in [6, 6.07) is 21.6. The van der Waals surface area contributed by atoms with E-state index in [4.69, 9.17) is 4.74 Å². The van der Waals surface area contributed by atoms with Crippen molar-refractivity contribution in [3.05, 3.63) is 82.6 Å². The molecule has 4 rings (SSSR count). The van der Waals surface area contributed by atoms with Crippen LogP contribution in [0, 0.1) is 0 Å². The Morgan fingerprint density at radius 1 is 1.09 bits per heavy atom. The van der Waals surface area contributed by atoms with Crippen LogP contribution in [0.4, 0.5) is 0 Å². The topological polar surface area (TPSA) is 69.0 Å². The summed E-state index contributed by atoms with van der Waals surface area (Å²) in [4.78, 5) is 14.0. The second-order valence-corrected chi connectivity index (χ2v) is 8.89. The van der Waals surface area contributed by atoms with Crippen LogP contribution in [0.15, 0.2) is 77.3 Å². The van der Waals surface area contributed by atoms with E-state index in [-0.39, 0.29) is 17.7 Å². The summed E-state index contributed by atoms with van der Waals surface area (Å²) in [5.74, 6) is 1.67. The van der Waals surface area contributed by atoms with E-state index >= 15 is 0 Å². The van der Waals surface area contributed by atoms with Crippen molar-refractivity contribution < 1.29 is 9.53 Å². The molecule has 0 radical (unpaired) electrons. The first-order valence-electron chi connectivity index (χ1n) is 10.3. The lowest BCUT2D eigenvalue weighted by molar-refractivity contribution is -0.119. The Morgan fingerprint density at radius 3 is 2.59 bits per heavy atom. The Morgan fingerprint density at radius 2 is 1.88 bits per heavy atom. The second kappa shape index (κ2) is 10.5. The fourth-order valence-electron chi connectivity index (χ4n) is 3.46. The average molecular weight is 465 g/mol. The number of nitrogens with zero attached hydrogens (tertiary/aromatic N) is 3. The number of carbonyl (C=O) groups is 1. The summed E-state index contributed by atoms with van der Waals surface area (Å²) in [7, 11) is 1.64. The first-order chi connectivity index (χ1) is 15.7. The third-order valence-corrected chi connectivity index (χ3v) is 6.88. The van der Waals surface area contributed by atoms with Crippen LogP contribution in [0.2, 0.25) is 0 Å². The maximum absolute atomic E-state index is 12.9. The van der Waals surface area contributed by atoms with Gasteiger partial charge in [0.1, 0.15) is 5.75 Å². The van der Waals surface area contributed by atoms with Crippen LogP contribution in [0.5, 0.6) is 5.75 Å². The van der Waals surface area contributed by atoms with Crippen molar-refractivity contribution in [3.63, 3.8) is 0 Å². The normalized spacial score (nSPS) is 11.8. The number of para-hydroxylation sites is 1. The third kappa shape index (κ3) is 4.87. The number of benzene rings is 2. The van der Waals surface area contributed by atoms with Gasteiger partial charge < -0.3 is 14.6 Å². The van der Waals surface area contributed by atoms with E-state index in [1.54, 1.807) is 18.4 Å². The predicted octanol–water partition coefficient (Wildman–Crippen LogP) is 5.03. The fraction of sp³-hybridized carbons (Fsp3) is 0.208. The zero-order valence-corrected chi connectivity index (χ0v) is 19.5. The standard InChI is InChI=1S/C24H24N4O2S2/c1-3-28-23(18-12-7-8-13-19(18)30-2)26-27-24(28)32-16-21(29)25-22(20-14-9-15-31-20)17-10-5-4-6-11-17/h4-15,22H,3,16H2,1-2H3,(H,25,29). The molecule has 32 heavy (non-hydrogen) atoms. The summed E-state index contributed by atoms with van der Waals surface area (Å²) in [5, 5.41) is 14.6. The van der Waals surface area contributed by atoms with Crippen molar-refractivity contribution in [1.29, 1.82) is 0 Å². The molecular weight excluding hydrogens is 440 g/mol. The van der Waals surface area contributed by atoms with Gasteiger partial charge in [0.25, 0.3) is 0 Å². The summed E-state index contributed by atoms with van der Waals surface area (Å²) < 4.78 is 7.48. The Labute approximate surface area is 195 Å². The Kier molecular flexibility index (Phi) is 7.24. The molecule has 8 heteroatoms. The maximum atomic E-state index is 12.9. The van der Waals surface area contributed by atoms with Gasteiger partial charge in [-0.3, -0.25) is 4.79 Å². The first kappa shape index (κ1) is 22.1. The smallest absolute Gasteiger partial charge is 0.231 e. The maximum Gasteiger partial charge on any atom is 0.231 e. The number of amides is 1. The van der Waals surface area contributed by atoms with Gasteiger partial charge >= 0.3 is 0 Å². The van der Waals surface area contributed by atoms with E-state index in [9.17, 15) is 4.79 Å². The highest BCUT2D eigenvalue weighted by atomic mass is 32.2. The van der Waals surface area contributed by atoms with E-state index in [2.05, 4.69) is 15.5 Å². The van der Waals surface area contributed by atoms with E-state index < -0.39 is 0 Å². The molecule has 0 aliphatic heterocycles. The molecule has 1 unspecified atom stereocenters. The Bertz CT molecular complexity index is 1160. The number of thiophene rings is 1. The van der Waals surface area contributed by atoms with Gasteiger partial charge in [0.15, 0.2) is 11.0 Å². The zero-order chi connectivity index (χ0) is 22.3. The van der Waals surface area contributed by atoms with Crippen LogP contribution in [0.25, 0.3) is 11.4 Å².